The molecule has 1 aliphatic rings. The summed E-state index contributed by atoms with van der Waals surface area (Å²) in [7, 11) is 1.76. The summed E-state index contributed by atoms with van der Waals surface area (Å²) in [5, 5.41) is 0. The Balaban J connectivity index is 2.58. The molecule has 0 aliphatic carbocycles. The summed E-state index contributed by atoms with van der Waals surface area (Å²) in [4.78, 5) is 1.72. The zero-order valence-corrected chi connectivity index (χ0v) is 7.56. The molecule has 0 spiro atoms. The molecule has 0 N–H and O–H groups in total. The van der Waals surface area contributed by atoms with Gasteiger partial charge in [0.05, 0.1) is 6.04 Å². The number of likely N-dealkylation sites (N-methyl/N-ethyl adjacent to an activating group) is 1. The van der Waals surface area contributed by atoms with Gasteiger partial charge in [-0.3, -0.25) is 4.90 Å². The van der Waals surface area contributed by atoms with Gasteiger partial charge in [0.2, 0.25) is 0 Å². The zero-order valence-electron chi connectivity index (χ0n) is 7.56. The average Bonchev–Trinajstić information content (AvgIpc) is 2.14. The monoisotopic (exact) mass is 175 g/mol. The van der Waals surface area contributed by atoms with Crippen LogP contribution in [0.2, 0.25) is 0 Å². The molecule has 1 atom stereocenters. The summed E-state index contributed by atoms with van der Waals surface area (Å²) >= 11 is 0. The van der Waals surface area contributed by atoms with E-state index in [9.17, 15) is 8.78 Å². The molecule has 0 aromatic heterocycles. The summed E-state index contributed by atoms with van der Waals surface area (Å²) in [5.74, 6) is 0. The average molecular weight is 175 g/mol. The molecule has 1 nitrogen and oxygen atoms in total. The Hall–Kier alpha value is -0.440. The molecule has 0 aromatic rings. The van der Waals surface area contributed by atoms with Crippen LogP contribution < -0.4 is 0 Å². The number of hydrogen-bond donors (Lipinski definition) is 0. The van der Waals surface area contributed by atoms with Crippen molar-refractivity contribution in [3.8, 4) is 0 Å². The van der Waals surface area contributed by atoms with E-state index >= 15 is 0 Å². The van der Waals surface area contributed by atoms with Crippen LogP contribution in [0.1, 0.15) is 19.8 Å². The quantitative estimate of drug-likeness (QED) is 0.553. The van der Waals surface area contributed by atoms with Crippen LogP contribution in [-0.4, -0.2) is 31.0 Å². The van der Waals surface area contributed by atoms with E-state index in [1.165, 1.54) is 5.57 Å². The van der Waals surface area contributed by atoms with Crippen LogP contribution in [0.25, 0.3) is 0 Å². The van der Waals surface area contributed by atoms with Crippen LogP contribution in [0.5, 0.6) is 0 Å². The lowest BCUT2D eigenvalue weighted by Crippen LogP contribution is -2.36. The normalized spacial score (nSPS) is 27.1. The molecule has 0 bridgehead atoms. The lowest BCUT2D eigenvalue weighted by molar-refractivity contribution is 0.0405. The molecule has 0 radical (unpaired) electrons. The van der Waals surface area contributed by atoms with Crippen LogP contribution in [0, 0.1) is 0 Å². The van der Waals surface area contributed by atoms with Gasteiger partial charge in [-0.1, -0.05) is 11.6 Å². The zero-order chi connectivity index (χ0) is 9.14. The molecule has 70 valence electrons. The molecule has 1 unspecified atom stereocenters. The van der Waals surface area contributed by atoms with Gasteiger partial charge in [0, 0.05) is 6.54 Å². The highest BCUT2D eigenvalue weighted by Crippen LogP contribution is 2.20. The molecule has 1 heterocycles. The van der Waals surface area contributed by atoms with E-state index in [1.54, 1.807) is 11.9 Å². The first kappa shape index (κ1) is 9.65. The number of halogens is 2. The molecule has 0 aromatic carbocycles. The third-order valence-electron chi connectivity index (χ3n) is 2.42. The van der Waals surface area contributed by atoms with Crippen LogP contribution in [0.4, 0.5) is 8.78 Å². The molecule has 0 fully saturated rings. The van der Waals surface area contributed by atoms with Crippen molar-refractivity contribution in [3.05, 3.63) is 11.6 Å². The molecular weight excluding hydrogens is 160 g/mol. The van der Waals surface area contributed by atoms with Gasteiger partial charge in [0.1, 0.15) is 0 Å². The Morgan fingerprint density at radius 1 is 1.58 bits per heavy atom. The first-order valence-corrected chi connectivity index (χ1v) is 4.25. The van der Waals surface area contributed by atoms with Crippen molar-refractivity contribution in [2.75, 3.05) is 13.6 Å². The first-order chi connectivity index (χ1) is 5.61. The number of hydrogen-bond acceptors (Lipinski definition) is 1. The summed E-state index contributed by atoms with van der Waals surface area (Å²) in [6.45, 7) is 2.66. The summed E-state index contributed by atoms with van der Waals surface area (Å²) in [6.07, 6.45) is 1.20. The minimum Gasteiger partial charge on any atom is -0.294 e. The van der Waals surface area contributed by atoms with Crippen molar-refractivity contribution < 1.29 is 8.78 Å². The Morgan fingerprint density at radius 2 is 2.25 bits per heavy atom. The molecule has 12 heavy (non-hydrogen) atoms. The summed E-state index contributed by atoms with van der Waals surface area (Å²) in [5.41, 5.74) is 1.23. The minimum atomic E-state index is -2.21. The third kappa shape index (κ3) is 2.27. The van der Waals surface area contributed by atoms with Crippen molar-refractivity contribution in [3.63, 3.8) is 0 Å². The van der Waals surface area contributed by atoms with Gasteiger partial charge in [-0.25, -0.2) is 8.78 Å². The van der Waals surface area contributed by atoms with Crippen LogP contribution in [0.15, 0.2) is 11.6 Å². The second kappa shape index (κ2) is 3.99. The maximum atomic E-state index is 12.4. The van der Waals surface area contributed by atoms with Crippen molar-refractivity contribution >= 4 is 0 Å². The number of allylic oxidation sites excluding steroid dienone is 1. The van der Waals surface area contributed by atoms with E-state index < -0.39 is 12.5 Å². The molecule has 0 saturated heterocycles. The Kier molecular flexibility index (Phi) is 3.20. The van der Waals surface area contributed by atoms with E-state index in [0.717, 1.165) is 6.42 Å². The molecule has 1 aliphatic heterocycles. The van der Waals surface area contributed by atoms with Gasteiger partial charge in [0.25, 0.3) is 6.43 Å². The maximum Gasteiger partial charge on any atom is 0.253 e. The van der Waals surface area contributed by atoms with Gasteiger partial charge in [0.15, 0.2) is 0 Å². The molecule has 3 heteroatoms. The van der Waals surface area contributed by atoms with E-state index in [1.807, 2.05) is 13.0 Å². The van der Waals surface area contributed by atoms with Crippen LogP contribution >= 0.6 is 0 Å². The Bertz CT molecular complexity index is 177. The number of rotatable bonds is 1. The van der Waals surface area contributed by atoms with Crippen LogP contribution in [-0.2, 0) is 0 Å². The molecule has 1 rings (SSSR count). The van der Waals surface area contributed by atoms with Gasteiger partial charge < -0.3 is 0 Å². The molecule has 0 saturated carbocycles. The highest BCUT2D eigenvalue weighted by molar-refractivity contribution is 5.03. The van der Waals surface area contributed by atoms with Gasteiger partial charge >= 0.3 is 0 Å². The van der Waals surface area contributed by atoms with Crippen molar-refractivity contribution in [2.24, 2.45) is 0 Å². The van der Waals surface area contributed by atoms with E-state index in [2.05, 4.69) is 0 Å². The number of nitrogens with zero attached hydrogens (tertiary/aromatic N) is 1. The maximum absolute atomic E-state index is 12.4. The topological polar surface area (TPSA) is 3.24 Å². The second-order valence-electron chi connectivity index (χ2n) is 3.43. The van der Waals surface area contributed by atoms with Gasteiger partial charge in [-0.15, -0.1) is 0 Å². The standard InChI is InChI=1S/C9H15F2N/c1-7-3-4-8(9(10)11)12(2)6-5-7/h5,8-9H,3-4,6H2,1-2H3. The third-order valence-corrected chi connectivity index (χ3v) is 2.42. The molecular formula is C9H15F2N. The predicted octanol–water partition coefficient (Wildman–Crippen LogP) is 2.29. The highest BCUT2D eigenvalue weighted by Gasteiger charge is 2.25. The minimum absolute atomic E-state index is 0.557. The van der Waals surface area contributed by atoms with Crippen molar-refractivity contribution in [1.82, 2.24) is 4.90 Å². The number of alkyl halides is 2. The fraction of sp³-hybridized carbons (Fsp3) is 0.778. The summed E-state index contributed by atoms with van der Waals surface area (Å²) in [6, 6.07) is -0.557. The fourth-order valence-electron chi connectivity index (χ4n) is 1.45. The Morgan fingerprint density at radius 3 is 2.83 bits per heavy atom. The second-order valence-corrected chi connectivity index (χ2v) is 3.43. The largest absolute Gasteiger partial charge is 0.294 e. The highest BCUT2D eigenvalue weighted by atomic mass is 19.3. The van der Waals surface area contributed by atoms with Crippen LogP contribution in [0.3, 0.4) is 0 Å². The molecule has 0 amide bonds. The lowest BCUT2D eigenvalue weighted by Gasteiger charge is -2.24. The lowest BCUT2D eigenvalue weighted by atomic mass is 10.1. The Labute approximate surface area is 72.1 Å². The van der Waals surface area contributed by atoms with E-state index in [4.69, 9.17) is 0 Å². The van der Waals surface area contributed by atoms with E-state index in [-0.39, 0.29) is 0 Å². The van der Waals surface area contributed by atoms with Crippen molar-refractivity contribution in [2.45, 2.75) is 32.2 Å². The first-order valence-electron chi connectivity index (χ1n) is 4.25. The van der Waals surface area contributed by atoms with Crippen molar-refractivity contribution in [1.29, 1.82) is 0 Å². The predicted molar refractivity (Wildman–Crippen MR) is 45.4 cm³/mol. The van der Waals surface area contributed by atoms with E-state index in [0.29, 0.717) is 13.0 Å². The van der Waals surface area contributed by atoms with Gasteiger partial charge in [-0.2, -0.15) is 0 Å². The smallest absolute Gasteiger partial charge is 0.253 e. The van der Waals surface area contributed by atoms with Gasteiger partial charge in [-0.05, 0) is 26.8 Å². The summed E-state index contributed by atoms with van der Waals surface area (Å²) < 4.78 is 24.8. The SMILES string of the molecule is CC1=CCN(C)C(C(F)F)CC1. The fourth-order valence-corrected chi connectivity index (χ4v) is 1.45.